The Kier molecular flexibility index (Phi) is 4.51. The molecule has 0 spiro atoms. The molecule has 6 nitrogen and oxygen atoms in total. The van der Waals surface area contributed by atoms with Crippen molar-refractivity contribution in [1.29, 1.82) is 0 Å². The summed E-state index contributed by atoms with van der Waals surface area (Å²) in [7, 11) is -1.82. The van der Waals surface area contributed by atoms with Gasteiger partial charge in [-0.3, -0.25) is 5.10 Å². The van der Waals surface area contributed by atoms with Crippen LogP contribution in [0.3, 0.4) is 0 Å². The van der Waals surface area contributed by atoms with Gasteiger partial charge in [0.2, 0.25) is 10.0 Å². The van der Waals surface area contributed by atoms with Crippen LogP contribution < -0.4 is 5.32 Å². The Labute approximate surface area is 121 Å². The number of nitrogens with zero attached hydrogens (tertiary/aromatic N) is 2. The Hall–Kier alpha value is -0.920. The first kappa shape index (κ1) is 15.5. The molecular weight excluding hydrogens is 276 g/mol. The molecule has 1 saturated carbocycles. The van der Waals surface area contributed by atoms with Crippen molar-refractivity contribution < 1.29 is 8.42 Å². The van der Waals surface area contributed by atoms with E-state index in [1.54, 1.807) is 14.0 Å². The summed E-state index contributed by atoms with van der Waals surface area (Å²) in [6, 6.07) is 0.0429. The van der Waals surface area contributed by atoms with E-state index < -0.39 is 10.0 Å². The number of H-pyrrole nitrogens is 1. The Morgan fingerprint density at radius 3 is 2.70 bits per heavy atom. The van der Waals surface area contributed by atoms with E-state index in [2.05, 4.69) is 15.5 Å². The molecule has 114 valence electrons. The Balaban J connectivity index is 2.30. The van der Waals surface area contributed by atoms with Gasteiger partial charge >= 0.3 is 0 Å². The van der Waals surface area contributed by atoms with Crippen molar-refractivity contribution in [2.75, 3.05) is 13.6 Å². The van der Waals surface area contributed by atoms with Gasteiger partial charge in [-0.2, -0.15) is 9.40 Å². The van der Waals surface area contributed by atoms with Gasteiger partial charge < -0.3 is 5.32 Å². The fourth-order valence-corrected chi connectivity index (χ4v) is 4.16. The predicted octanol–water partition coefficient (Wildman–Crippen LogP) is 1.25. The average Bonchev–Trinajstić information content (AvgIpc) is 3.18. The van der Waals surface area contributed by atoms with Crippen molar-refractivity contribution in [3.8, 4) is 0 Å². The van der Waals surface area contributed by atoms with Crippen molar-refractivity contribution in [1.82, 2.24) is 19.8 Å². The zero-order valence-corrected chi connectivity index (χ0v) is 13.4. The van der Waals surface area contributed by atoms with E-state index in [0.29, 0.717) is 28.7 Å². The molecule has 1 heterocycles. The first-order valence-electron chi connectivity index (χ1n) is 7.12. The van der Waals surface area contributed by atoms with Gasteiger partial charge in [-0.05, 0) is 39.2 Å². The predicted molar refractivity (Wildman–Crippen MR) is 77.8 cm³/mol. The lowest BCUT2D eigenvalue weighted by molar-refractivity contribution is 0.356. The van der Waals surface area contributed by atoms with Crippen molar-refractivity contribution in [3.05, 3.63) is 11.4 Å². The number of sulfonamides is 1. The van der Waals surface area contributed by atoms with Crippen LogP contribution in [0.1, 0.15) is 38.1 Å². The number of hydrogen-bond acceptors (Lipinski definition) is 4. The fourth-order valence-electron chi connectivity index (χ4n) is 2.41. The highest BCUT2D eigenvalue weighted by molar-refractivity contribution is 7.89. The van der Waals surface area contributed by atoms with E-state index in [1.165, 1.54) is 4.31 Å². The van der Waals surface area contributed by atoms with E-state index >= 15 is 0 Å². The third-order valence-electron chi connectivity index (χ3n) is 4.02. The first-order chi connectivity index (χ1) is 9.39. The van der Waals surface area contributed by atoms with Crippen LogP contribution in [-0.2, 0) is 16.6 Å². The standard InChI is InChI=1S/C13H24N4O2S/c1-5-14-8-12-13(9(2)15-16-12)20(18,19)17(4)10(3)11-6-7-11/h10-11,14H,5-8H2,1-4H3,(H,15,16). The lowest BCUT2D eigenvalue weighted by Gasteiger charge is -2.24. The Bertz CT molecular complexity index is 563. The van der Waals surface area contributed by atoms with Crippen LogP contribution in [-0.4, -0.2) is 42.6 Å². The van der Waals surface area contributed by atoms with Gasteiger partial charge in [0, 0.05) is 19.6 Å². The lowest BCUT2D eigenvalue weighted by atomic mass is 10.2. The molecule has 0 bridgehead atoms. The molecule has 1 unspecified atom stereocenters. The van der Waals surface area contributed by atoms with Crippen LogP contribution in [0.15, 0.2) is 4.90 Å². The quantitative estimate of drug-likeness (QED) is 0.794. The molecule has 0 saturated heterocycles. The van der Waals surface area contributed by atoms with Gasteiger partial charge in [0.15, 0.2) is 0 Å². The molecule has 1 aliphatic carbocycles. The van der Waals surface area contributed by atoms with Crippen LogP contribution >= 0.6 is 0 Å². The van der Waals surface area contributed by atoms with Gasteiger partial charge in [-0.1, -0.05) is 6.92 Å². The molecule has 1 fully saturated rings. The molecular formula is C13H24N4O2S. The molecule has 2 N–H and O–H groups in total. The fraction of sp³-hybridized carbons (Fsp3) is 0.769. The topological polar surface area (TPSA) is 78.1 Å². The zero-order valence-electron chi connectivity index (χ0n) is 12.6. The number of aryl methyl sites for hydroxylation is 1. The lowest BCUT2D eigenvalue weighted by Crippen LogP contribution is -2.37. The van der Waals surface area contributed by atoms with E-state index in [4.69, 9.17) is 0 Å². The highest BCUT2D eigenvalue weighted by Crippen LogP contribution is 2.36. The molecule has 0 amide bonds. The summed E-state index contributed by atoms with van der Waals surface area (Å²) in [4.78, 5) is 0.327. The van der Waals surface area contributed by atoms with Crippen LogP contribution in [0.5, 0.6) is 0 Å². The summed E-state index contributed by atoms with van der Waals surface area (Å²) in [5.41, 5.74) is 1.17. The average molecular weight is 300 g/mol. The Morgan fingerprint density at radius 1 is 1.50 bits per heavy atom. The third-order valence-corrected chi connectivity index (χ3v) is 6.17. The minimum atomic E-state index is -3.49. The second kappa shape index (κ2) is 5.83. The number of aromatic amines is 1. The second-order valence-corrected chi connectivity index (χ2v) is 7.44. The molecule has 1 atom stereocenters. The monoisotopic (exact) mass is 300 g/mol. The summed E-state index contributed by atoms with van der Waals surface area (Å²) in [5.74, 6) is 0.499. The van der Waals surface area contributed by atoms with Crippen molar-refractivity contribution in [3.63, 3.8) is 0 Å². The largest absolute Gasteiger partial charge is 0.311 e. The normalized spacial score (nSPS) is 17.6. The van der Waals surface area contributed by atoms with Crippen molar-refractivity contribution >= 4 is 10.0 Å². The number of aromatic nitrogens is 2. The first-order valence-corrected chi connectivity index (χ1v) is 8.56. The molecule has 7 heteroatoms. The SMILES string of the molecule is CCNCc1n[nH]c(C)c1S(=O)(=O)N(C)C(C)C1CC1. The maximum absolute atomic E-state index is 12.8. The maximum atomic E-state index is 12.8. The molecule has 0 aliphatic heterocycles. The molecule has 1 aromatic rings. The van der Waals surface area contributed by atoms with Gasteiger partial charge in [-0.25, -0.2) is 8.42 Å². The van der Waals surface area contributed by atoms with Gasteiger partial charge in [-0.15, -0.1) is 0 Å². The highest BCUT2D eigenvalue weighted by atomic mass is 32.2. The number of nitrogens with one attached hydrogen (secondary N) is 2. The van der Waals surface area contributed by atoms with Gasteiger partial charge in [0.1, 0.15) is 4.90 Å². The molecule has 1 aromatic heterocycles. The maximum Gasteiger partial charge on any atom is 0.246 e. The smallest absolute Gasteiger partial charge is 0.246 e. The van der Waals surface area contributed by atoms with E-state index in [9.17, 15) is 8.42 Å². The van der Waals surface area contributed by atoms with Crippen LogP contribution in [0.4, 0.5) is 0 Å². The third kappa shape index (κ3) is 2.89. The van der Waals surface area contributed by atoms with Crippen molar-refractivity contribution in [2.45, 2.75) is 51.1 Å². The summed E-state index contributed by atoms with van der Waals surface area (Å²) in [6.45, 7) is 6.95. The Morgan fingerprint density at radius 2 is 2.15 bits per heavy atom. The van der Waals surface area contributed by atoms with Gasteiger partial charge in [0.05, 0.1) is 11.4 Å². The molecule has 0 radical (unpaired) electrons. The van der Waals surface area contributed by atoms with E-state index in [1.807, 2.05) is 13.8 Å². The highest BCUT2D eigenvalue weighted by Gasteiger charge is 2.38. The summed E-state index contributed by atoms with van der Waals surface area (Å²) in [5, 5.41) is 10.1. The molecule has 2 rings (SSSR count). The van der Waals surface area contributed by atoms with Crippen LogP contribution in [0.25, 0.3) is 0 Å². The minimum absolute atomic E-state index is 0.0429. The number of hydrogen-bond donors (Lipinski definition) is 2. The molecule has 0 aromatic carbocycles. The molecule has 20 heavy (non-hydrogen) atoms. The van der Waals surface area contributed by atoms with Crippen molar-refractivity contribution in [2.24, 2.45) is 5.92 Å². The molecule has 1 aliphatic rings. The summed E-state index contributed by atoms with van der Waals surface area (Å²) >= 11 is 0. The van der Waals surface area contributed by atoms with Crippen LogP contribution in [0.2, 0.25) is 0 Å². The second-order valence-electron chi connectivity index (χ2n) is 5.50. The van der Waals surface area contributed by atoms with E-state index in [-0.39, 0.29) is 6.04 Å². The number of rotatable bonds is 7. The van der Waals surface area contributed by atoms with Crippen LogP contribution in [0, 0.1) is 12.8 Å². The summed E-state index contributed by atoms with van der Waals surface area (Å²) in [6.07, 6.45) is 2.24. The van der Waals surface area contributed by atoms with E-state index in [0.717, 1.165) is 19.4 Å². The zero-order chi connectivity index (χ0) is 14.9. The van der Waals surface area contributed by atoms with Gasteiger partial charge in [0.25, 0.3) is 0 Å². The minimum Gasteiger partial charge on any atom is -0.311 e. The summed E-state index contributed by atoms with van der Waals surface area (Å²) < 4.78 is 27.1.